The molecule has 7 heteroatoms. The summed E-state index contributed by atoms with van der Waals surface area (Å²) in [6.45, 7) is 5.53. The molecule has 1 atom stereocenters. The minimum atomic E-state index is 0.442. The zero-order valence-corrected chi connectivity index (χ0v) is 15.8. The normalized spacial score (nSPS) is 21.6. The monoisotopic (exact) mass is 366 g/mol. The van der Waals surface area contributed by atoms with E-state index in [1.807, 2.05) is 28.8 Å². The Balaban J connectivity index is 1.46. The third-order valence-electron chi connectivity index (χ3n) is 6.00. The number of nitrogen functional groups attached to an aromatic ring is 1. The van der Waals surface area contributed by atoms with Gasteiger partial charge in [-0.1, -0.05) is 12.5 Å². The molecule has 2 aliphatic heterocycles. The zero-order chi connectivity index (χ0) is 18.4. The van der Waals surface area contributed by atoms with Gasteiger partial charge in [0.05, 0.1) is 12.8 Å². The van der Waals surface area contributed by atoms with Crippen LogP contribution < -0.4 is 10.5 Å². The first kappa shape index (κ1) is 16.8. The van der Waals surface area contributed by atoms with E-state index >= 15 is 0 Å². The van der Waals surface area contributed by atoms with Crippen LogP contribution in [-0.4, -0.2) is 63.5 Å². The van der Waals surface area contributed by atoms with E-state index in [1.165, 1.54) is 32.4 Å². The summed E-state index contributed by atoms with van der Waals surface area (Å²) >= 11 is 0. The van der Waals surface area contributed by atoms with Crippen molar-refractivity contribution in [2.24, 2.45) is 0 Å². The third kappa shape index (κ3) is 2.91. The van der Waals surface area contributed by atoms with Crippen LogP contribution in [-0.2, 0) is 6.54 Å². The molecule has 0 spiro atoms. The fourth-order valence-electron chi connectivity index (χ4n) is 4.61. The van der Waals surface area contributed by atoms with Crippen LogP contribution in [0.15, 0.2) is 24.4 Å². The molecule has 142 valence electrons. The van der Waals surface area contributed by atoms with Gasteiger partial charge in [0, 0.05) is 43.8 Å². The van der Waals surface area contributed by atoms with Crippen LogP contribution in [0.25, 0.3) is 16.6 Å². The topological polar surface area (TPSA) is 71.9 Å². The van der Waals surface area contributed by atoms with Gasteiger partial charge in [-0.2, -0.15) is 0 Å². The number of benzene rings is 1. The molecule has 3 aromatic rings. The van der Waals surface area contributed by atoms with Crippen molar-refractivity contribution in [2.45, 2.75) is 31.8 Å². The van der Waals surface area contributed by atoms with Gasteiger partial charge in [0.2, 0.25) is 5.95 Å². The Morgan fingerprint density at radius 2 is 2.11 bits per heavy atom. The van der Waals surface area contributed by atoms with Crippen molar-refractivity contribution in [3.05, 3.63) is 30.1 Å². The number of hydrogen-bond acceptors (Lipinski definition) is 6. The van der Waals surface area contributed by atoms with Crippen LogP contribution in [0.2, 0.25) is 0 Å². The minimum absolute atomic E-state index is 0.442. The van der Waals surface area contributed by atoms with Gasteiger partial charge in [-0.3, -0.25) is 14.2 Å². The molecule has 4 heterocycles. The Bertz CT molecular complexity index is 983. The van der Waals surface area contributed by atoms with E-state index in [0.717, 1.165) is 47.6 Å². The number of methoxy groups -OCH3 is 1. The highest BCUT2D eigenvalue weighted by atomic mass is 16.5. The highest BCUT2D eigenvalue weighted by Gasteiger charge is 2.29. The molecule has 2 aromatic heterocycles. The van der Waals surface area contributed by atoms with Crippen molar-refractivity contribution in [3.63, 3.8) is 0 Å². The summed E-state index contributed by atoms with van der Waals surface area (Å²) in [7, 11) is 1.65. The highest BCUT2D eigenvalue weighted by Crippen LogP contribution is 2.28. The van der Waals surface area contributed by atoms with Crippen LogP contribution in [0.5, 0.6) is 5.75 Å². The van der Waals surface area contributed by atoms with Gasteiger partial charge in [-0.15, -0.1) is 0 Å². The van der Waals surface area contributed by atoms with Crippen molar-refractivity contribution < 1.29 is 4.74 Å². The number of aromatic nitrogens is 3. The van der Waals surface area contributed by atoms with Crippen LogP contribution in [0.3, 0.4) is 0 Å². The first-order chi connectivity index (χ1) is 13.2. The molecule has 5 rings (SSSR count). The number of ether oxygens (including phenoxy) is 1. The quantitative estimate of drug-likeness (QED) is 0.766. The predicted molar refractivity (Wildman–Crippen MR) is 106 cm³/mol. The lowest BCUT2D eigenvalue weighted by molar-refractivity contribution is 0.0452. The average molecular weight is 366 g/mol. The predicted octanol–water partition coefficient (Wildman–Crippen LogP) is 2.14. The smallest absolute Gasteiger partial charge is 0.206 e. The summed E-state index contributed by atoms with van der Waals surface area (Å²) in [6, 6.07) is 6.60. The SMILES string of the molecule is COc1cccc2c1nc(N)n1cc(CN3CCN4CCCC[C@@H]4C3)nc21. The van der Waals surface area contributed by atoms with Crippen molar-refractivity contribution in [1.29, 1.82) is 0 Å². The van der Waals surface area contributed by atoms with Gasteiger partial charge in [0.25, 0.3) is 0 Å². The Kier molecular flexibility index (Phi) is 4.13. The summed E-state index contributed by atoms with van der Waals surface area (Å²) in [5.74, 6) is 1.16. The Hall–Kier alpha value is -2.38. The molecule has 0 aliphatic carbocycles. The third-order valence-corrected chi connectivity index (χ3v) is 6.00. The number of nitrogens with zero attached hydrogens (tertiary/aromatic N) is 5. The Morgan fingerprint density at radius 1 is 1.19 bits per heavy atom. The van der Waals surface area contributed by atoms with Gasteiger partial charge in [-0.25, -0.2) is 9.97 Å². The molecule has 0 amide bonds. The fourth-order valence-corrected chi connectivity index (χ4v) is 4.61. The number of piperazine rings is 1. The second-order valence-electron chi connectivity index (χ2n) is 7.67. The fraction of sp³-hybridized carbons (Fsp3) is 0.500. The summed E-state index contributed by atoms with van der Waals surface area (Å²) in [5, 5.41) is 0.965. The Morgan fingerprint density at radius 3 is 3.00 bits per heavy atom. The summed E-state index contributed by atoms with van der Waals surface area (Å²) in [5.41, 5.74) is 8.87. The van der Waals surface area contributed by atoms with E-state index in [2.05, 4.69) is 14.8 Å². The van der Waals surface area contributed by atoms with Gasteiger partial charge in [0.1, 0.15) is 16.9 Å². The van der Waals surface area contributed by atoms with Crippen LogP contribution in [0.1, 0.15) is 25.0 Å². The molecule has 2 N–H and O–H groups in total. The number of para-hydroxylation sites is 1. The van der Waals surface area contributed by atoms with E-state index in [9.17, 15) is 0 Å². The first-order valence-electron chi connectivity index (χ1n) is 9.79. The average Bonchev–Trinajstić information content (AvgIpc) is 3.12. The van der Waals surface area contributed by atoms with Gasteiger partial charge >= 0.3 is 0 Å². The van der Waals surface area contributed by atoms with E-state index < -0.39 is 0 Å². The first-order valence-corrected chi connectivity index (χ1v) is 9.79. The maximum absolute atomic E-state index is 6.22. The van der Waals surface area contributed by atoms with Crippen LogP contribution >= 0.6 is 0 Å². The second-order valence-corrected chi connectivity index (χ2v) is 7.67. The number of piperidine rings is 1. The van der Waals surface area contributed by atoms with Crippen molar-refractivity contribution >= 4 is 22.5 Å². The van der Waals surface area contributed by atoms with Crippen molar-refractivity contribution in [3.8, 4) is 5.75 Å². The molecule has 2 aliphatic rings. The second kappa shape index (κ2) is 6.65. The van der Waals surface area contributed by atoms with E-state index in [1.54, 1.807) is 7.11 Å². The Labute approximate surface area is 158 Å². The number of nitrogens with two attached hydrogens (primary N) is 1. The highest BCUT2D eigenvalue weighted by molar-refractivity contribution is 5.96. The molecule has 7 nitrogen and oxygen atoms in total. The maximum Gasteiger partial charge on any atom is 0.206 e. The molecule has 1 aromatic carbocycles. The lowest BCUT2D eigenvalue weighted by atomic mass is 9.99. The van der Waals surface area contributed by atoms with Crippen molar-refractivity contribution in [1.82, 2.24) is 24.2 Å². The summed E-state index contributed by atoms with van der Waals surface area (Å²) < 4.78 is 7.34. The van der Waals surface area contributed by atoms with Gasteiger partial charge < -0.3 is 10.5 Å². The molecule has 2 fully saturated rings. The lowest BCUT2D eigenvalue weighted by Gasteiger charge is -2.43. The molecule has 0 saturated carbocycles. The molecule has 27 heavy (non-hydrogen) atoms. The number of anilines is 1. The number of hydrogen-bond donors (Lipinski definition) is 1. The molecule has 0 radical (unpaired) electrons. The summed E-state index contributed by atoms with van der Waals surface area (Å²) in [6.07, 6.45) is 6.07. The molecule has 2 saturated heterocycles. The molecular weight excluding hydrogens is 340 g/mol. The van der Waals surface area contributed by atoms with E-state index in [0.29, 0.717) is 12.0 Å². The lowest BCUT2D eigenvalue weighted by Crippen LogP contribution is -2.54. The van der Waals surface area contributed by atoms with E-state index in [4.69, 9.17) is 15.5 Å². The van der Waals surface area contributed by atoms with Gasteiger partial charge in [0.15, 0.2) is 0 Å². The molecular formula is C20H26N6O. The van der Waals surface area contributed by atoms with E-state index in [-0.39, 0.29) is 0 Å². The van der Waals surface area contributed by atoms with Crippen molar-refractivity contribution in [2.75, 3.05) is 39.0 Å². The number of imidazole rings is 1. The number of rotatable bonds is 3. The molecule has 0 unspecified atom stereocenters. The minimum Gasteiger partial charge on any atom is -0.494 e. The molecule has 0 bridgehead atoms. The van der Waals surface area contributed by atoms with Gasteiger partial charge in [-0.05, 0) is 31.5 Å². The standard InChI is InChI=1S/C20H26N6O/c1-27-17-7-4-6-16-18(17)23-20(21)26-12-14(22-19(16)26)11-24-9-10-25-8-3-2-5-15(25)13-24/h4,6-7,12,15H,2-3,5,8-11,13H2,1H3,(H2,21,23)/t15-/m1/s1. The maximum atomic E-state index is 6.22. The zero-order valence-electron chi connectivity index (χ0n) is 15.8. The van der Waals surface area contributed by atoms with Crippen LogP contribution in [0, 0.1) is 0 Å². The van der Waals surface area contributed by atoms with Crippen LogP contribution in [0.4, 0.5) is 5.95 Å². The largest absolute Gasteiger partial charge is 0.494 e. The summed E-state index contributed by atoms with van der Waals surface area (Å²) in [4.78, 5) is 14.6. The number of fused-ring (bicyclic) bond motifs is 4.